The monoisotopic (exact) mass is 391 g/mol. The topological polar surface area (TPSA) is 88.6 Å². The van der Waals surface area contributed by atoms with Crippen LogP contribution in [-0.2, 0) is 14.8 Å². The van der Waals surface area contributed by atoms with Crippen LogP contribution in [0.4, 0.5) is 4.79 Å². The van der Waals surface area contributed by atoms with E-state index in [2.05, 4.69) is 10.3 Å². The molecule has 1 saturated heterocycles. The second-order valence-corrected chi connectivity index (χ2v) is 9.71. The minimum atomic E-state index is -3.68. The first kappa shape index (κ1) is 19.6. The maximum atomic E-state index is 13.2. The highest BCUT2D eigenvalue weighted by molar-refractivity contribution is 7.89. The van der Waals surface area contributed by atoms with Gasteiger partial charge in [0.15, 0.2) is 0 Å². The quantitative estimate of drug-likeness (QED) is 0.869. The second kappa shape index (κ2) is 7.09. The lowest BCUT2D eigenvalue weighted by Crippen LogP contribution is -2.41. The number of aryl methyl sites for hydroxylation is 1. The van der Waals surface area contributed by atoms with E-state index < -0.39 is 21.7 Å². The number of hydrogen-bond donors (Lipinski definition) is 1. The minimum Gasteiger partial charge on any atom is -0.444 e. The molecule has 1 amide bonds. The van der Waals surface area contributed by atoms with E-state index in [4.69, 9.17) is 4.74 Å². The van der Waals surface area contributed by atoms with Gasteiger partial charge in [0.1, 0.15) is 5.60 Å². The molecule has 1 fully saturated rings. The number of nitrogens with one attached hydrogen (secondary N) is 1. The molecule has 2 heterocycles. The van der Waals surface area contributed by atoms with Crippen molar-refractivity contribution in [2.75, 3.05) is 13.1 Å². The summed E-state index contributed by atoms with van der Waals surface area (Å²) in [7, 11) is -3.68. The fraction of sp³-hybridized carbons (Fsp3) is 0.474. The first-order valence-corrected chi connectivity index (χ1v) is 10.3. The summed E-state index contributed by atoms with van der Waals surface area (Å²) in [6.07, 6.45) is 3.31. The van der Waals surface area contributed by atoms with E-state index in [1.165, 1.54) is 4.31 Å². The van der Waals surface area contributed by atoms with Crippen LogP contribution in [0.1, 0.15) is 32.8 Å². The average Bonchev–Trinajstić information content (AvgIpc) is 3.02. The predicted octanol–water partition coefficient (Wildman–Crippen LogP) is 2.83. The van der Waals surface area contributed by atoms with Crippen LogP contribution in [-0.4, -0.2) is 48.5 Å². The highest BCUT2D eigenvalue weighted by Crippen LogP contribution is 2.28. The summed E-state index contributed by atoms with van der Waals surface area (Å²) in [4.78, 5) is 16.3. The number of fused-ring (bicyclic) bond motifs is 1. The number of nitrogens with zero attached hydrogens (tertiary/aromatic N) is 2. The number of sulfonamides is 1. The van der Waals surface area contributed by atoms with Crippen molar-refractivity contribution in [2.45, 2.75) is 50.7 Å². The van der Waals surface area contributed by atoms with Crippen LogP contribution in [0, 0.1) is 6.92 Å². The predicted molar refractivity (Wildman–Crippen MR) is 103 cm³/mol. The van der Waals surface area contributed by atoms with Crippen LogP contribution >= 0.6 is 0 Å². The summed E-state index contributed by atoms with van der Waals surface area (Å²) in [5, 5.41) is 4.24. The average molecular weight is 391 g/mol. The van der Waals surface area contributed by atoms with Crippen LogP contribution in [0.5, 0.6) is 0 Å². The third kappa shape index (κ3) is 4.22. The maximum absolute atomic E-state index is 13.2. The van der Waals surface area contributed by atoms with Gasteiger partial charge in [0.05, 0.1) is 4.90 Å². The van der Waals surface area contributed by atoms with Crippen LogP contribution in [0.15, 0.2) is 35.5 Å². The molecule has 1 atom stereocenters. The Labute approximate surface area is 159 Å². The minimum absolute atomic E-state index is 0.219. The van der Waals surface area contributed by atoms with E-state index in [0.29, 0.717) is 18.4 Å². The van der Waals surface area contributed by atoms with E-state index in [-0.39, 0.29) is 17.5 Å². The SMILES string of the molecule is Cc1cncc2c(S(=O)(=O)N3CC[C@H](NC(=O)OC(C)(C)C)C3)cccc12. The van der Waals surface area contributed by atoms with Gasteiger partial charge in [-0.3, -0.25) is 4.98 Å². The molecule has 8 heteroatoms. The summed E-state index contributed by atoms with van der Waals surface area (Å²) < 4.78 is 33.0. The lowest BCUT2D eigenvalue weighted by molar-refractivity contribution is 0.0507. The number of carbonyl (C=O) groups excluding carboxylic acids is 1. The summed E-state index contributed by atoms with van der Waals surface area (Å²) in [5.74, 6) is 0. The molecule has 1 N–H and O–H groups in total. The Morgan fingerprint density at radius 1 is 1.26 bits per heavy atom. The fourth-order valence-electron chi connectivity index (χ4n) is 3.22. The zero-order chi connectivity index (χ0) is 19.8. The van der Waals surface area contributed by atoms with Crippen LogP contribution in [0.3, 0.4) is 0 Å². The Bertz CT molecular complexity index is 967. The van der Waals surface area contributed by atoms with Crippen molar-refractivity contribution < 1.29 is 17.9 Å². The van der Waals surface area contributed by atoms with Crippen LogP contribution in [0.2, 0.25) is 0 Å². The second-order valence-electron chi connectivity index (χ2n) is 7.80. The molecule has 0 spiro atoms. The number of amides is 1. The summed E-state index contributed by atoms with van der Waals surface area (Å²) in [5.41, 5.74) is 0.331. The number of rotatable bonds is 3. The van der Waals surface area contributed by atoms with Crippen molar-refractivity contribution in [3.63, 3.8) is 0 Å². The Hall–Kier alpha value is -2.19. The van der Waals surface area contributed by atoms with Gasteiger partial charge in [-0.05, 0) is 51.1 Å². The molecule has 2 aromatic rings. The van der Waals surface area contributed by atoms with Crippen LogP contribution < -0.4 is 5.32 Å². The molecule has 7 nitrogen and oxygen atoms in total. The molecule has 1 aliphatic heterocycles. The molecule has 3 rings (SSSR count). The van der Waals surface area contributed by atoms with Gasteiger partial charge in [0.25, 0.3) is 0 Å². The molecule has 146 valence electrons. The van der Waals surface area contributed by atoms with Crippen molar-refractivity contribution in [2.24, 2.45) is 0 Å². The highest BCUT2D eigenvalue weighted by Gasteiger charge is 2.34. The standard InChI is InChI=1S/C19H25N3O4S/c1-13-10-20-11-16-15(13)6-5-7-17(16)27(24,25)22-9-8-14(12-22)21-18(23)26-19(2,3)4/h5-7,10-11,14H,8-9,12H2,1-4H3,(H,21,23)/t14-/m0/s1. The van der Waals surface area contributed by atoms with Gasteiger partial charge < -0.3 is 10.1 Å². The molecular formula is C19H25N3O4S. The van der Waals surface area contributed by atoms with Crippen LogP contribution in [0.25, 0.3) is 10.8 Å². The summed E-state index contributed by atoms with van der Waals surface area (Å²) in [6.45, 7) is 7.83. The van der Waals surface area contributed by atoms with Gasteiger partial charge in [-0.15, -0.1) is 0 Å². The third-order valence-electron chi connectivity index (χ3n) is 4.45. The highest BCUT2D eigenvalue weighted by atomic mass is 32.2. The molecule has 0 aliphatic carbocycles. The fourth-order valence-corrected chi connectivity index (χ4v) is 4.91. The molecule has 27 heavy (non-hydrogen) atoms. The number of benzene rings is 1. The first-order chi connectivity index (χ1) is 12.6. The van der Waals surface area contributed by atoms with E-state index in [1.807, 2.05) is 13.0 Å². The number of carbonyl (C=O) groups is 1. The van der Waals surface area contributed by atoms with Gasteiger partial charge in [-0.2, -0.15) is 4.31 Å². The van der Waals surface area contributed by atoms with Crippen molar-refractivity contribution in [1.29, 1.82) is 0 Å². The number of alkyl carbamates (subject to hydrolysis) is 1. The third-order valence-corrected chi connectivity index (χ3v) is 6.38. The van der Waals surface area contributed by atoms with Crippen molar-refractivity contribution in [3.05, 3.63) is 36.2 Å². The molecule has 1 aromatic heterocycles. The lowest BCUT2D eigenvalue weighted by atomic mass is 10.1. The van der Waals surface area contributed by atoms with E-state index in [0.717, 1.165) is 10.9 Å². The van der Waals surface area contributed by atoms with Gasteiger partial charge in [-0.25, -0.2) is 13.2 Å². The molecule has 0 unspecified atom stereocenters. The van der Waals surface area contributed by atoms with Gasteiger partial charge >= 0.3 is 6.09 Å². The number of aromatic nitrogens is 1. The van der Waals surface area contributed by atoms with Gasteiger partial charge in [0.2, 0.25) is 10.0 Å². The number of hydrogen-bond acceptors (Lipinski definition) is 5. The van der Waals surface area contributed by atoms with Crippen molar-refractivity contribution >= 4 is 26.9 Å². The Morgan fingerprint density at radius 2 is 2.00 bits per heavy atom. The Kier molecular flexibility index (Phi) is 5.14. The van der Waals surface area contributed by atoms with Gasteiger partial charge in [0, 0.05) is 36.9 Å². The lowest BCUT2D eigenvalue weighted by Gasteiger charge is -2.22. The van der Waals surface area contributed by atoms with Crippen molar-refractivity contribution in [3.8, 4) is 0 Å². The number of pyridine rings is 1. The first-order valence-electron chi connectivity index (χ1n) is 8.91. The van der Waals surface area contributed by atoms with E-state index >= 15 is 0 Å². The zero-order valence-corrected chi connectivity index (χ0v) is 16.8. The molecular weight excluding hydrogens is 366 g/mol. The summed E-state index contributed by atoms with van der Waals surface area (Å²) in [6, 6.07) is 4.97. The van der Waals surface area contributed by atoms with Gasteiger partial charge in [-0.1, -0.05) is 12.1 Å². The molecule has 1 aliphatic rings. The Morgan fingerprint density at radius 3 is 2.70 bits per heavy atom. The van der Waals surface area contributed by atoms with E-state index in [1.54, 1.807) is 45.3 Å². The molecule has 0 radical (unpaired) electrons. The van der Waals surface area contributed by atoms with E-state index in [9.17, 15) is 13.2 Å². The zero-order valence-electron chi connectivity index (χ0n) is 16.0. The molecule has 1 aromatic carbocycles. The molecule has 0 saturated carbocycles. The Balaban J connectivity index is 1.80. The summed E-state index contributed by atoms with van der Waals surface area (Å²) >= 11 is 0. The maximum Gasteiger partial charge on any atom is 0.407 e. The normalized spacial score (nSPS) is 18.6. The molecule has 0 bridgehead atoms. The smallest absolute Gasteiger partial charge is 0.407 e. The number of ether oxygens (including phenoxy) is 1. The van der Waals surface area contributed by atoms with Crippen molar-refractivity contribution in [1.82, 2.24) is 14.6 Å². The largest absolute Gasteiger partial charge is 0.444 e.